The molecule has 3 rings (SSSR count). The average molecular weight is 239 g/mol. The van der Waals surface area contributed by atoms with Crippen molar-refractivity contribution in [1.82, 2.24) is 0 Å². The van der Waals surface area contributed by atoms with E-state index >= 15 is 0 Å². The summed E-state index contributed by atoms with van der Waals surface area (Å²) in [5.74, 6) is 0. The molecule has 0 spiro atoms. The smallest absolute Gasteiger partial charge is 0.0826 e. The number of hydrogen-bond acceptors (Lipinski definition) is 2. The van der Waals surface area contributed by atoms with Gasteiger partial charge in [0, 0.05) is 17.9 Å². The van der Waals surface area contributed by atoms with Gasteiger partial charge in [-0.3, -0.25) is 0 Å². The maximum Gasteiger partial charge on any atom is 0.0826 e. The van der Waals surface area contributed by atoms with E-state index in [1.165, 1.54) is 11.4 Å². The van der Waals surface area contributed by atoms with Gasteiger partial charge in [0.1, 0.15) is 0 Å². The summed E-state index contributed by atoms with van der Waals surface area (Å²) in [6.07, 6.45) is 1.56. The second-order valence-corrected chi connectivity index (χ2v) is 4.57. The topological polar surface area (TPSA) is 15.8 Å². The summed E-state index contributed by atoms with van der Waals surface area (Å²) < 4.78 is 5.30. The minimum Gasteiger partial charge on any atom is -0.373 e. The number of anilines is 2. The molecule has 2 heteroatoms. The van der Waals surface area contributed by atoms with Gasteiger partial charge in [0.2, 0.25) is 0 Å². The SMILES string of the molecule is c1ccc(N(CCC2CO2)c2ccccc2)cc1. The van der Waals surface area contributed by atoms with E-state index in [4.69, 9.17) is 4.74 Å². The second kappa shape index (κ2) is 5.23. The van der Waals surface area contributed by atoms with Crippen LogP contribution in [0.4, 0.5) is 11.4 Å². The summed E-state index contributed by atoms with van der Waals surface area (Å²) in [4.78, 5) is 2.35. The van der Waals surface area contributed by atoms with E-state index in [-0.39, 0.29) is 0 Å². The Morgan fingerprint density at radius 1 is 0.889 bits per heavy atom. The van der Waals surface area contributed by atoms with Crippen molar-refractivity contribution in [3.05, 3.63) is 60.7 Å². The molecule has 1 aliphatic heterocycles. The van der Waals surface area contributed by atoms with Gasteiger partial charge in [0.25, 0.3) is 0 Å². The lowest BCUT2D eigenvalue weighted by Gasteiger charge is -2.24. The molecule has 1 heterocycles. The molecule has 1 fully saturated rings. The Balaban J connectivity index is 1.83. The molecule has 0 N–H and O–H groups in total. The summed E-state index contributed by atoms with van der Waals surface area (Å²) in [5, 5.41) is 0. The van der Waals surface area contributed by atoms with Gasteiger partial charge in [-0.25, -0.2) is 0 Å². The Morgan fingerprint density at radius 3 is 1.83 bits per heavy atom. The summed E-state index contributed by atoms with van der Waals surface area (Å²) in [6.45, 7) is 1.93. The van der Waals surface area contributed by atoms with E-state index in [0.29, 0.717) is 6.10 Å². The fraction of sp³-hybridized carbons (Fsp3) is 0.250. The van der Waals surface area contributed by atoms with E-state index in [1.54, 1.807) is 0 Å². The van der Waals surface area contributed by atoms with Crippen molar-refractivity contribution in [2.24, 2.45) is 0 Å². The van der Waals surface area contributed by atoms with Crippen LogP contribution in [0.25, 0.3) is 0 Å². The third kappa shape index (κ3) is 2.71. The van der Waals surface area contributed by atoms with Crippen LogP contribution in [0.5, 0.6) is 0 Å². The van der Waals surface area contributed by atoms with Crippen LogP contribution < -0.4 is 4.90 Å². The normalized spacial score (nSPS) is 17.4. The average Bonchev–Trinajstić information content (AvgIpc) is 3.26. The monoisotopic (exact) mass is 239 g/mol. The van der Waals surface area contributed by atoms with Crippen LogP contribution in [0.3, 0.4) is 0 Å². The summed E-state index contributed by atoms with van der Waals surface area (Å²) in [5.41, 5.74) is 2.48. The van der Waals surface area contributed by atoms with Crippen molar-refractivity contribution >= 4 is 11.4 Å². The molecule has 1 atom stereocenters. The lowest BCUT2D eigenvalue weighted by atomic mass is 10.2. The minimum atomic E-state index is 0.472. The summed E-state index contributed by atoms with van der Waals surface area (Å²) in [6, 6.07) is 21.0. The van der Waals surface area contributed by atoms with Gasteiger partial charge in [-0.1, -0.05) is 36.4 Å². The zero-order chi connectivity index (χ0) is 12.2. The highest BCUT2D eigenvalue weighted by Gasteiger charge is 2.23. The number of nitrogens with zero attached hydrogens (tertiary/aromatic N) is 1. The van der Waals surface area contributed by atoms with Crippen LogP contribution in [-0.2, 0) is 4.74 Å². The highest BCUT2D eigenvalue weighted by atomic mass is 16.6. The van der Waals surface area contributed by atoms with Crippen molar-refractivity contribution in [1.29, 1.82) is 0 Å². The number of rotatable bonds is 5. The van der Waals surface area contributed by atoms with Crippen molar-refractivity contribution in [2.45, 2.75) is 12.5 Å². The largest absolute Gasteiger partial charge is 0.373 e. The first-order valence-corrected chi connectivity index (χ1v) is 6.43. The standard InChI is InChI=1S/C16H17NO/c1-3-7-14(8-4-1)17(12-11-16-13-18-16)15-9-5-2-6-10-15/h1-10,16H,11-13H2. The lowest BCUT2D eigenvalue weighted by Crippen LogP contribution is -2.19. The Bertz CT molecular complexity index is 439. The molecule has 1 saturated heterocycles. The fourth-order valence-electron chi connectivity index (χ4n) is 2.13. The first-order valence-electron chi connectivity index (χ1n) is 6.43. The van der Waals surface area contributed by atoms with E-state index in [9.17, 15) is 0 Å². The molecule has 0 amide bonds. The van der Waals surface area contributed by atoms with Crippen molar-refractivity contribution in [3.63, 3.8) is 0 Å². The predicted molar refractivity (Wildman–Crippen MR) is 74.2 cm³/mol. The molecular weight excluding hydrogens is 222 g/mol. The third-order valence-corrected chi connectivity index (χ3v) is 3.21. The summed E-state index contributed by atoms with van der Waals surface area (Å²) >= 11 is 0. The predicted octanol–water partition coefficient (Wildman–Crippen LogP) is 3.61. The molecular formula is C16H17NO. The molecule has 0 saturated carbocycles. The van der Waals surface area contributed by atoms with Crippen molar-refractivity contribution < 1.29 is 4.74 Å². The third-order valence-electron chi connectivity index (χ3n) is 3.21. The first-order chi connectivity index (χ1) is 8.93. The van der Waals surface area contributed by atoms with Gasteiger partial charge in [0.15, 0.2) is 0 Å². The van der Waals surface area contributed by atoms with E-state index in [2.05, 4.69) is 65.6 Å². The van der Waals surface area contributed by atoms with Gasteiger partial charge in [-0.05, 0) is 30.7 Å². The number of benzene rings is 2. The zero-order valence-corrected chi connectivity index (χ0v) is 10.3. The molecule has 0 aromatic heterocycles. The Kier molecular flexibility index (Phi) is 3.29. The molecule has 92 valence electrons. The quantitative estimate of drug-likeness (QED) is 0.741. The molecule has 2 aromatic rings. The van der Waals surface area contributed by atoms with Gasteiger partial charge >= 0.3 is 0 Å². The van der Waals surface area contributed by atoms with E-state index < -0.39 is 0 Å². The fourth-order valence-corrected chi connectivity index (χ4v) is 2.13. The highest BCUT2D eigenvalue weighted by molar-refractivity contribution is 5.62. The molecule has 0 bridgehead atoms. The number of epoxide rings is 1. The van der Waals surface area contributed by atoms with E-state index in [0.717, 1.165) is 19.6 Å². The number of ether oxygens (including phenoxy) is 1. The van der Waals surface area contributed by atoms with Gasteiger partial charge in [-0.15, -0.1) is 0 Å². The van der Waals surface area contributed by atoms with Gasteiger partial charge in [0.05, 0.1) is 12.7 Å². The van der Waals surface area contributed by atoms with E-state index in [1.807, 2.05) is 0 Å². The van der Waals surface area contributed by atoms with Crippen LogP contribution in [0.2, 0.25) is 0 Å². The van der Waals surface area contributed by atoms with Gasteiger partial charge in [-0.2, -0.15) is 0 Å². The van der Waals surface area contributed by atoms with Crippen LogP contribution in [0.1, 0.15) is 6.42 Å². The van der Waals surface area contributed by atoms with Crippen molar-refractivity contribution in [3.8, 4) is 0 Å². The molecule has 2 aromatic carbocycles. The van der Waals surface area contributed by atoms with Crippen molar-refractivity contribution in [2.75, 3.05) is 18.1 Å². The maximum absolute atomic E-state index is 5.30. The maximum atomic E-state index is 5.30. The molecule has 1 unspecified atom stereocenters. The Morgan fingerprint density at radius 2 is 1.39 bits per heavy atom. The molecule has 18 heavy (non-hydrogen) atoms. The number of para-hydroxylation sites is 2. The Hall–Kier alpha value is -1.80. The highest BCUT2D eigenvalue weighted by Crippen LogP contribution is 2.26. The molecule has 0 aliphatic carbocycles. The number of hydrogen-bond donors (Lipinski definition) is 0. The lowest BCUT2D eigenvalue weighted by molar-refractivity contribution is 0.398. The molecule has 0 radical (unpaired) electrons. The van der Waals surface area contributed by atoms with Gasteiger partial charge < -0.3 is 9.64 Å². The van der Waals surface area contributed by atoms with Crippen LogP contribution in [0.15, 0.2) is 60.7 Å². The van der Waals surface area contributed by atoms with Crippen LogP contribution in [-0.4, -0.2) is 19.3 Å². The minimum absolute atomic E-state index is 0.472. The van der Waals surface area contributed by atoms with Crippen LogP contribution in [0, 0.1) is 0 Å². The van der Waals surface area contributed by atoms with Crippen LogP contribution >= 0.6 is 0 Å². The second-order valence-electron chi connectivity index (χ2n) is 4.57. The Labute approximate surface area is 108 Å². The molecule has 1 aliphatic rings. The first kappa shape index (κ1) is 11.3. The zero-order valence-electron chi connectivity index (χ0n) is 10.3. The molecule has 2 nitrogen and oxygen atoms in total. The summed E-state index contributed by atoms with van der Waals surface area (Å²) in [7, 11) is 0.